The largest absolute Gasteiger partial charge is 0.493 e. The Morgan fingerprint density at radius 1 is 1.00 bits per heavy atom. The maximum absolute atomic E-state index is 12.5. The number of hydrogen-bond acceptors (Lipinski definition) is 7. The lowest BCUT2D eigenvalue weighted by Crippen LogP contribution is -2.41. The zero-order valence-corrected chi connectivity index (χ0v) is 16.2. The summed E-state index contributed by atoms with van der Waals surface area (Å²) in [6.45, 7) is 3.86. The maximum atomic E-state index is 12.5. The van der Waals surface area contributed by atoms with Crippen LogP contribution in [0.15, 0.2) is 24.5 Å². The fourth-order valence-corrected chi connectivity index (χ4v) is 3.60. The Balaban J connectivity index is 1.49. The molecule has 2 aliphatic heterocycles. The summed E-state index contributed by atoms with van der Waals surface area (Å²) in [5.74, 6) is 2.14. The highest BCUT2D eigenvalue weighted by molar-refractivity contribution is 5.92. The molecule has 2 aliphatic rings. The van der Waals surface area contributed by atoms with E-state index in [-0.39, 0.29) is 5.91 Å². The summed E-state index contributed by atoms with van der Waals surface area (Å²) in [6.07, 6.45) is 4.13. The van der Waals surface area contributed by atoms with Crippen molar-refractivity contribution in [2.75, 3.05) is 52.0 Å². The predicted octanol–water partition coefficient (Wildman–Crippen LogP) is 1.53. The lowest BCUT2D eigenvalue weighted by atomic mass is 9.99. The molecule has 28 heavy (non-hydrogen) atoms. The summed E-state index contributed by atoms with van der Waals surface area (Å²) in [7, 11) is 3.29. The van der Waals surface area contributed by atoms with Gasteiger partial charge in [0.2, 0.25) is 0 Å². The lowest BCUT2D eigenvalue weighted by molar-refractivity contribution is 0.0298. The molecule has 148 valence electrons. The van der Waals surface area contributed by atoms with Crippen molar-refractivity contribution in [1.82, 2.24) is 14.9 Å². The number of carbonyl (C=O) groups is 1. The SMILES string of the molecule is COc1cc2c(cc1OC)CN(c1cnc(C(=O)N3CCOCC3)cn1)CC2. The van der Waals surface area contributed by atoms with E-state index in [1.54, 1.807) is 31.5 Å². The minimum atomic E-state index is -0.0943. The predicted molar refractivity (Wildman–Crippen MR) is 103 cm³/mol. The van der Waals surface area contributed by atoms with Gasteiger partial charge in [0.1, 0.15) is 11.5 Å². The molecule has 0 bridgehead atoms. The first-order valence-electron chi connectivity index (χ1n) is 9.37. The Kier molecular flexibility index (Phi) is 5.29. The van der Waals surface area contributed by atoms with Gasteiger partial charge in [0.25, 0.3) is 5.91 Å². The Morgan fingerprint density at radius 2 is 1.71 bits per heavy atom. The molecule has 0 saturated carbocycles. The Bertz CT molecular complexity index is 850. The van der Waals surface area contributed by atoms with Crippen molar-refractivity contribution >= 4 is 11.7 Å². The van der Waals surface area contributed by atoms with Crippen molar-refractivity contribution in [3.05, 3.63) is 41.3 Å². The first-order chi connectivity index (χ1) is 13.7. The molecule has 0 unspecified atom stereocenters. The van der Waals surface area contributed by atoms with E-state index in [9.17, 15) is 4.79 Å². The van der Waals surface area contributed by atoms with Crippen LogP contribution >= 0.6 is 0 Å². The van der Waals surface area contributed by atoms with E-state index in [4.69, 9.17) is 14.2 Å². The van der Waals surface area contributed by atoms with Crippen LogP contribution in [0.5, 0.6) is 11.5 Å². The summed E-state index contributed by atoms with van der Waals surface area (Å²) >= 11 is 0. The summed E-state index contributed by atoms with van der Waals surface area (Å²) in [5, 5.41) is 0. The van der Waals surface area contributed by atoms with Crippen LogP contribution in [0.2, 0.25) is 0 Å². The molecule has 2 aromatic rings. The molecule has 1 fully saturated rings. The molecular formula is C20H24N4O4. The first kappa shape index (κ1) is 18.5. The first-order valence-corrected chi connectivity index (χ1v) is 9.37. The van der Waals surface area contributed by atoms with Crippen molar-refractivity contribution in [3.8, 4) is 11.5 Å². The van der Waals surface area contributed by atoms with Gasteiger partial charge in [-0.15, -0.1) is 0 Å². The van der Waals surface area contributed by atoms with E-state index >= 15 is 0 Å². The van der Waals surface area contributed by atoms with Crippen LogP contribution in [-0.2, 0) is 17.7 Å². The molecule has 0 aliphatic carbocycles. The fraction of sp³-hybridized carbons (Fsp3) is 0.450. The van der Waals surface area contributed by atoms with Gasteiger partial charge in [0, 0.05) is 26.2 Å². The van der Waals surface area contributed by atoms with E-state index in [2.05, 4.69) is 14.9 Å². The van der Waals surface area contributed by atoms with Crippen LogP contribution in [0, 0.1) is 0 Å². The van der Waals surface area contributed by atoms with Gasteiger partial charge in [-0.05, 0) is 29.7 Å². The summed E-state index contributed by atoms with van der Waals surface area (Å²) in [6, 6.07) is 4.06. The van der Waals surface area contributed by atoms with Gasteiger partial charge >= 0.3 is 0 Å². The van der Waals surface area contributed by atoms with Crippen LogP contribution in [0.1, 0.15) is 21.6 Å². The number of benzene rings is 1. The topological polar surface area (TPSA) is 77.0 Å². The highest BCUT2D eigenvalue weighted by Gasteiger charge is 2.23. The van der Waals surface area contributed by atoms with Gasteiger partial charge in [-0.1, -0.05) is 0 Å². The van der Waals surface area contributed by atoms with Gasteiger partial charge in [-0.25, -0.2) is 9.97 Å². The highest BCUT2D eigenvalue weighted by Crippen LogP contribution is 2.34. The smallest absolute Gasteiger partial charge is 0.274 e. The van der Waals surface area contributed by atoms with Crippen molar-refractivity contribution in [2.45, 2.75) is 13.0 Å². The standard InChI is InChI=1S/C20H24N4O4/c1-26-17-9-14-3-4-24(13-15(14)10-18(17)27-2)19-12-21-16(11-22-19)20(25)23-5-7-28-8-6-23/h9-12H,3-8,13H2,1-2H3. The molecule has 8 nitrogen and oxygen atoms in total. The van der Waals surface area contributed by atoms with Crippen molar-refractivity contribution in [2.24, 2.45) is 0 Å². The number of nitrogens with zero attached hydrogens (tertiary/aromatic N) is 4. The number of methoxy groups -OCH3 is 2. The third-order valence-electron chi connectivity index (χ3n) is 5.20. The molecule has 0 N–H and O–H groups in total. The summed E-state index contributed by atoms with van der Waals surface area (Å²) < 4.78 is 16.1. The van der Waals surface area contributed by atoms with Crippen molar-refractivity contribution in [1.29, 1.82) is 0 Å². The Morgan fingerprint density at radius 3 is 2.36 bits per heavy atom. The molecule has 4 rings (SSSR count). The van der Waals surface area contributed by atoms with Crippen LogP contribution < -0.4 is 14.4 Å². The van der Waals surface area contributed by atoms with E-state index in [0.29, 0.717) is 38.5 Å². The van der Waals surface area contributed by atoms with Gasteiger partial charge < -0.3 is 24.0 Å². The number of rotatable bonds is 4. The van der Waals surface area contributed by atoms with Crippen LogP contribution in [-0.4, -0.2) is 67.8 Å². The van der Waals surface area contributed by atoms with E-state index < -0.39 is 0 Å². The quantitative estimate of drug-likeness (QED) is 0.791. The molecule has 0 atom stereocenters. The highest BCUT2D eigenvalue weighted by atomic mass is 16.5. The number of fused-ring (bicyclic) bond motifs is 1. The average Bonchev–Trinajstić information content (AvgIpc) is 2.78. The zero-order valence-electron chi connectivity index (χ0n) is 16.2. The second-order valence-corrected chi connectivity index (χ2v) is 6.81. The molecule has 1 aromatic heterocycles. The summed E-state index contributed by atoms with van der Waals surface area (Å²) in [5.41, 5.74) is 2.80. The second-order valence-electron chi connectivity index (χ2n) is 6.81. The second kappa shape index (κ2) is 8.02. The van der Waals surface area contributed by atoms with Crippen LogP contribution in [0.25, 0.3) is 0 Å². The third kappa shape index (κ3) is 3.60. The van der Waals surface area contributed by atoms with E-state index in [1.165, 1.54) is 11.1 Å². The van der Waals surface area contributed by atoms with E-state index in [1.807, 2.05) is 12.1 Å². The minimum absolute atomic E-state index is 0.0943. The third-order valence-corrected chi connectivity index (χ3v) is 5.20. The fourth-order valence-electron chi connectivity index (χ4n) is 3.60. The normalized spacial score (nSPS) is 16.5. The summed E-state index contributed by atoms with van der Waals surface area (Å²) in [4.78, 5) is 25.3. The number of carbonyl (C=O) groups excluding carboxylic acids is 1. The Labute approximate surface area is 164 Å². The number of hydrogen-bond donors (Lipinski definition) is 0. The maximum Gasteiger partial charge on any atom is 0.274 e. The van der Waals surface area contributed by atoms with Gasteiger partial charge in [-0.2, -0.15) is 0 Å². The molecule has 0 radical (unpaired) electrons. The number of ether oxygens (including phenoxy) is 3. The molecule has 1 aromatic carbocycles. The Hall–Kier alpha value is -2.87. The average molecular weight is 384 g/mol. The monoisotopic (exact) mass is 384 g/mol. The number of anilines is 1. The molecule has 0 spiro atoms. The van der Waals surface area contributed by atoms with Crippen LogP contribution in [0.3, 0.4) is 0 Å². The molecule has 8 heteroatoms. The molecule has 1 saturated heterocycles. The van der Waals surface area contributed by atoms with Crippen molar-refractivity contribution in [3.63, 3.8) is 0 Å². The van der Waals surface area contributed by atoms with Gasteiger partial charge in [0.15, 0.2) is 11.5 Å². The molecular weight excluding hydrogens is 360 g/mol. The van der Waals surface area contributed by atoms with Gasteiger partial charge in [-0.3, -0.25) is 4.79 Å². The lowest BCUT2D eigenvalue weighted by Gasteiger charge is -2.30. The molecule has 1 amide bonds. The number of amides is 1. The molecule has 3 heterocycles. The van der Waals surface area contributed by atoms with Crippen molar-refractivity contribution < 1.29 is 19.0 Å². The number of aromatic nitrogens is 2. The van der Waals surface area contributed by atoms with E-state index in [0.717, 1.165) is 30.3 Å². The number of morpholine rings is 1. The van der Waals surface area contributed by atoms with Crippen LogP contribution in [0.4, 0.5) is 5.82 Å². The minimum Gasteiger partial charge on any atom is -0.493 e. The zero-order chi connectivity index (χ0) is 19.5. The van der Waals surface area contributed by atoms with Gasteiger partial charge in [0.05, 0.1) is 39.8 Å².